The predicted octanol–water partition coefficient (Wildman–Crippen LogP) is 1.77. The standard InChI is InChI=1S/C13H19N3O4S/c1-9(17)11-7-10(16(19)20)13(21-11)14(2)8-12(18)15-5-3-4-6-15/h7,9,17H,3-6,8H2,1-2H3/t9-/m1/s1. The van der Waals surface area contributed by atoms with Crippen molar-refractivity contribution >= 4 is 27.9 Å². The van der Waals surface area contributed by atoms with E-state index in [1.165, 1.54) is 6.07 Å². The Bertz CT molecular complexity index is 538. The van der Waals surface area contributed by atoms with Gasteiger partial charge in [-0.1, -0.05) is 0 Å². The van der Waals surface area contributed by atoms with Gasteiger partial charge in [-0.15, -0.1) is 11.3 Å². The average Bonchev–Trinajstić information content (AvgIpc) is 3.08. The maximum absolute atomic E-state index is 12.1. The van der Waals surface area contributed by atoms with Crippen molar-refractivity contribution in [1.82, 2.24) is 4.90 Å². The van der Waals surface area contributed by atoms with Crippen LogP contribution in [0.2, 0.25) is 0 Å². The molecule has 0 aliphatic carbocycles. The van der Waals surface area contributed by atoms with Crippen LogP contribution in [0.1, 0.15) is 30.7 Å². The number of thiophene rings is 1. The van der Waals surface area contributed by atoms with Gasteiger partial charge in [0.05, 0.1) is 17.6 Å². The largest absolute Gasteiger partial charge is 0.388 e. The van der Waals surface area contributed by atoms with Crippen LogP contribution in [0.25, 0.3) is 0 Å². The Labute approximate surface area is 126 Å². The van der Waals surface area contributed by atoms with Crippen LogP contribution >= 0.6 is 11.3 Å². The van der Waals surface area contributed by atoms with E-state index in [9.17, 15) is 20.0 Å². The van der Waals surface area contributed by atoms with E-state index in [-0.39, 0.29) is 18.1 Å². The number of rotatable bonds is 5. The molecule has 7 nitrogen and oxygen atoms in total. The molecule has 1 aromatic rings. The van der Waals surface area contributed by atoms with Crippen LogP contribution in [-0.2, 0) is 4.79 Å². The molecule has 116 valence electrons. The average molecular weight is 313 g/mol. The zero-order valence-electron chi connectivity index (χ0n) is 12.1. The maximum atomic E-state index is 12.1. The number of aliphatic hydroxyl groups excluding tert-OH is 1. The van der Waals surface area contributed by atoms with E-state index in [0.717, 1.165) is 37.3 Å². The first-order valence-electron chi connectivity index (χ1n) is 6.85. The highest BCUT2D eigenvalue weighted by Gasteiger charge is 2.26. The second-order valence-corrected chi connectivity index (χ2v) is 6.28. The molecular weight excluding hydrogens is 294 g/mol. The minimum atomic E-state index is -0.759. The second-order valence-electron chi connectivity index (χ2n) is 5.22. The molecule has 1 aromatic heterocycles. The van der Waals surface area contributed by atoms with Gasteiger partial charge in [-0.2, -0.15) is 0 Å². The highest BCUT2D eigenvalue weighted by Crippen LogP contribution is 2.39. The van der Waals surface area contributed by atoms with Crippen LogP contribution in [0, 0.1) is 10.1 Å². The summed E-state index contributed by atoms with van der Waals surface area (Å²) in [4.78, 5) is 26.7. The minimum absolute atomic E-state index is 0.0173. The van der Waals surface area contributed by atoms with Crippen molar-refractivity contribution in [3.8, 4) is 0 Å². The lowest BCUT2D eigenvalue weighted by Gasteiger charge is -2.21. The van der Waals surface area contributed by atoms with Crippen LogP contribution in [0.15, 0.2) is 6.07 Å². The number of carbonyl (C=O) groups is 1. The van der Waals surface area contributed by atoms with Crippen molar-refractivity contribution in [3.63, 3.8) is 0 Å². The monoisotopic (exact) mass is 313 g/mol. The Hall–Kier alpha value is -1.67. The molecule has 2 rings (SSSR count). The van der Waals surface area contributed by atoms with Crippen LogP contribution in [0.3, 0.4) is 0 Å². The van der Waals surface area contributed by atoms with E-state index in [1.54, 1.807) is 23.8 Å². The van der Waals surface area contributed by atoms with Gasteiger partial charge in [0.15, 0.2) is 5.00 Å². The third-order valence-corrected chi connectivity index (χ3v) is 4.91. The van der Waals surface area contributed by atoms with Gasteiger partial charge < -0.3 is 14.9 Å². The van der Waals surface area contributed by atoms with E-state index >= 15 is 0 Å². The summed E-state index contributed by atoms with van der Waals surface area (Å²) in [6, 6.07) is 1.38. The van der Waals surface area contributed by atoms with Gasteiger partial charge in [-0.3, -0.25) is 14.9 Å². The third-order valence-electron chi connectivity index (χ3n) is 3.50. The lowest BCUT2D eigenvalue weighted by Crippen LogP contribution is -2.37. The number of carbonyl (C=O) groups excluding carboxylic acids is 1. The summed E-state index contributed by atoms with van der Waals surface area (Å²) in [5, 5.41) is 21.1. The van der Waals surface area contributed by atoms with E-state index in [0.29, 0.717) is 9.88 Å². The van der Waals surface area contributed by atoms with E-state index < -0.39 is 11.0 Å². The zero-order chi connectivity index (χ0) is 15.6. The normalized spacial score (nSPS) is 16.0. The number of aliphatic hydroxyl groups is 1. The fourth-order valence-electron chi connectivity index (χ4n) is 2.34. The molecule has 1 saturated heterocycles. The van der Waals surface area contributed by atoms with Crippen LogP contribution in [0.4, 0.5) is 10.7 Å². The number of likely N-dealkylation sites (tertiary alicyclic amines) is 1. The first kappa shape index (κ1) is 15.7. The Morgan fingerprint density at radius 1 is 1.57 bits per heavy atom. The van der Waals surface area contributed by atoms with Crippen molar-refractivity contribution < 1.29 is 14.8 Å². The van der Waals surface area contributed by atoms with Gasteiger partial charge in [0.2, 0.25) is 5.91 Å². The zero-order valence-corrected chi connectivity index (χ0v) is 12.9. The van der Waals surface area contributed by atoms with Crippen LogP contribution in [-0.4, -0.2) is 47.5 Å². The Morgan fingerprint density at radius 3 is 2.71 bits per heavy atom. The molecule has 1 atom stereocenters. The lowest BCUT2D eigenvalue weighted by molar-refractivity contribution is -0.383. The van der Waals surface area contributed by atoms with Crippen molar-refractivity contribution in [2.75, 3.05) is 31.6 Å². The molecule has 0 unspecified atom stereocenters. The minimum Gasteiger partial charge on any atom is -0.388 e. The number of likely N-dealkylation sites (N-methyl/N-ethyl adjacent to an activating group) is 1. The molecule has 1 aliphatic rings. The quantitative estimate of drug-likeness (QED) is 0.661. The summed E-state index contributed by atoms with van der Waals surface area (Å²) < 4.78 is 0. The number of hydrogen-bond donors (Lipinski definition) is 1. The molecule has 1 aliphatic heterocycles. The maximum Gasteiger partial charge on any atom is 0.304 e. The van der Waals surface area contributed by atoms with Gasteiger partial charge in [0.1, 0.15) is 0 Å². The first-order valence-corrected chi connectivity index (χ1v) is 7.67. The Kier molecular flexibility index (Phi) is 4.79. The van der Waals surface area contributed by atoms with Gasteiger partial charge in [-0.25, -0.2) is 0 Å². The molecule has 2 heterocycles. The number of hydrogen-bond acceptors (Lipinski definition) is 6. The molecule has 0 bridgehead atoms. The lowest BCUT2D eigenvalue weighted by atomic mass is 10.3. The molecule has 21 heavy (non-hydrogen) atoms. The Morgan fingerprint density at radius 2 is 2.19 bits per heavy atom. The van der Waals surface area contributed by atoms with Crippen LogP contribution < -0.4 is 4.90 Å². The molecule has 0 radical (unpaired) electrons. The van der Waals surface area contributed by atoms with E-state index in [4.69, 9.17) is 0 Å². The molecule has 1 N–H and O–H groups in total. The summed E-state index contributed by atoms with van der Waals surface area (Å²) >= 11 is 1.15. The van der Waals surface area contributed by atoms with Crippen molar-refractivity contribution in [2.24, 2.45) is 0 Å². The molecular formula is C13H19N3O4S. The summed E-state index contributed by atoms with van der Waals surface area (Å²) in [6.07, 6.45) is 1.27. The van der Waals surface area contributed by atoms with Crippen molar-refractivity contribution in [1.29, 1.82) is 0 Å². The van der Waals surface area contributed by atoms with E-state index in [2.05, 4.69) is 0 Å². The second kappa shape index (κ2) is 6.40. The fourth-order valence-corrected chi connectivity index (χ4v) is 3.36. The summed E-state index contributed by atoms with van der Waals surface area (Å²) in [7, 11) is 1.67. The van der Waals surface area contributed by atoms with Gasteiger partial charge in [0.25, 0.3) is 0 Å². The summed E-state index contributed by atoms with van der Waals surface area (Å²) in [6.45, 7) is 3.20. The van der Waals surface area contributed by atoms with Crippen molar-refractivity contribution in [3.05, 3.63) is 21.1 Å². The topological polar surface area (TPSA) is 86.9 Å². The molecule has 1 fully saturated rings. The molecule has 1 amide bonds. The van der Waals surface area contributed by atoms with Gasteiger partial charge in [0, 0.05) is 31.1 Å². The van der Waals surface area contributed by atoms with Crippen molar-refractivity contribution in [2.45, 2.75) is 25.9 Å². The third kappa shape index (κ3) is 3.51. The molecule has 0 spiro atoms. The summed E-state index contributed by atoms with van der Waals surface area (Å²) in [5.41, 5.74) is -0.0624. The molecule has 8 heteroatoms. The first-order chi connectivity index (χ1) is 9.90. The van der Waals surface area contributed by atoms with Gasteiger partial charge in [-0.05, 0) is 19.8 Å². The van der Waals surface area contributed by atoms with E-state index in [1.807, 2.05) is 0 Å². The summed E-state index contributed by atoms with van der Waals surface area (Å²) in [5.74, 6) is -0.0173. The fraction of sp³-hybridized carbons (Fsp3) is 0.615. The predicted molar refractivity (Wildman–Crippen MR) is 80.7 cm³/mol. The van der Waals surface area contributed by atoms with Crippen LogP contribution in [0.5, 0.6) is 0 Å². The number of nitrogens with zero attached hydrogens (tertiary/aromatic N) is 3. The number of amides is 1. The Balaban J connectivity index is 2.15. The molecule has 0 aromatic carbocycles. The highest BCUT2D eigenvalue weighted by molar-refractivity contribution is 7.16. The number of nitro groups is 1. The van der Waals surface area contributed by atoms with Gasteiger partial charge >= 0.3 is 5.69 Å². The molecule has 0 saturated carbocycles. The number of anilines is 1. The highest BCUT2D eigenvalue weighted by atomic mass is 32.1. The SMILES string of the molecule is C[C@@H](O)c1cc([N+](=O)[O-])c(N(C)CC(=O)N2CCCC2)s1. The smallest absolute Gasteiger partial charge is 0.304 e.